The van der Waals surface area contributed by atoms with Gasteiger partial charge in [0.05, 0.1) is 0 Å². The van der Waals surface area contributed by atoms with Gasteiger partial charge in [0.25, 0.3) is 0 Å². The molecule has 1 aliphatic carbocycles. The zero-order valence-electron chi connectivity index (χ0n) is 7.08. The van der Waals surface area contributed by atoms with Crippen molar-refractivity contribution in [2.75, 3.05) is 0 Å². The molecule has 0 saturated heterocycles. The number of hydrogen-bond donors (Lipinski definition) is 0. The van der Waals surface area contributed by atoms with E-state index in [1.54, 1.807) is 0 Å². The minimum absolute atomic E-state index is 0.0498. The van der Waals surface area contributed by atoms with Crippen LogP contribution in [0.1, 0.15) is 0 Å². The summed E-state index contributed by atoms with van der Waals surface area (Å²) in [6, 6.07) is 0. The summed E-state index contributed by atoms with van der Waals surface area (Å²) >= 11 is 18.8. The van der Waals surface area contributed by atoms with Crippen LogP contribution in [-0.2, 0) is 0 Å². The first-order chi connectivity index (χ1) is 6.90. The van der Waals surface area contributed by atoms with Crippen molar-refractivity contribution in [1.82, 2.24) is 0 Å². The molecule has 15 heavy (non-hydrogen) atoms. The second kappa shape index (κ2) is 4.41. The van der Waals surface area contributed by atoms with E-state index in [0.29, 0.717) is 0 Å². The number of halogens is 3. The summed E-state index contributed by atoms with van der Waals surface area (Å²) in [4.78, 5) is 8.46. The number of aliphatic imine (C=N–C) groups is 2. The zero-order chi connectivity index (χ0) is 11.2. The summed E-state index contributed by atoms with van der Waals surface area (Å²) in [5, 5.41) is 0.260. The Labute approximate surface area is 126 Å². The number of rotatable bonds is 0. The molecule has 7 heteroatoms. The van der Waals surface area contributed by atoms with Crippen LogP contribution in [0.3, 0.4) is 0 Å². The van der Waals surface area contributed by atoms with Gasteiger partial charge in [-0.2, -0.15) is 0 Å². The van der Waals surface area contributed by atoms with Crippen molar-refractivity contribution in [2.45, 2.75) is 3.34 Å². The van der Waals surface area contributed by atoms with E-state index in [4.69, 9.17) is 11.6 Å². The first-order valence-electron chi connectivity index (χ1n) is 3.90. The van der Waals surface area contributed by atoms with Gasteiger partial charge in [-0.05, 0) is 0 Å². The van der Waals surface area contributed by atoms with E-state index in [1.807, 2.05) is 12.2 Å². The summed E-state index contributed by atoms with van der Waals surface area (Å²) in [5.74, 6) is 0.0498. The quantitative estimate of drug-likeness (QED) is 0.376. The molecule has 0 fully saturated rings. The van der Waals surface area contributed by atoms with E-state index < -0.39 is 3.34 Å². The predicted molar refractivity (Wildman–Crippen MR) is 72.5 cm³/mol. The number of amidine groups is 1. The van der Waals surface area contributed by atoms with Crippen molar-refractivity contribution >= 4 is 86.5 Å². The summed E-state index contributed by atoms with van der Waals surface area (Å²) in [5.41, 5.74) is 0.885. The number of hydrogen-bond acceptors (Lipinski definition) is 2. The van der Waals surface area contributed by atoms with Crippen molar-refractivity contribution in [1.29, 1.82) is 0 Å². The maximum absolute atomic E-state index is 5.86. The first kappa shape index (κ1) is 12.6. The van der Waals surface area contributed by atoms with Crippen LogP contribution in [0.15, 0.2) is 31.1 Å². The Hall–Kier alpha value is 1.11. The number of nitrogens with zero attached hydrogens (tertiary/aromatic N) is 2. The van der Waals surface area contributed by atoms with E-state index in [-0.39, 0.29) is 11.2 Å². The zero-order valence-corrected chi connectivity index (χ0v) is 14.4. The molecule has 1 heterocycles. The monoisotopic (exact) mass is 480 g/mol. The van der Waals surface area contributed by atoms with Gasteiger partial charge in [-0.15, -0.1) is 0 Å². The van der Waals surface area contributed by atoms with Crippen LogP contribution in [0.5, 0.6) is 0 Å². The van der Waals surface area contributed by atoms with Crippen molar-refractivity contribution in [3.63, 3.8) is 0 Å². The van der Waals surface area contributed by atoms with Gasteiger partial charge in [0.15, 0.2) is 0 Å². The predicted octanol–water partition coefficient (Wildman–Crippen LogP) is 2.21. The normalized spacial score (nSPS) is 28.5. The van der Waals surface area contributed by atoms with Crippen LogP contribution in [0.4, 0.5) is 0 Å². The second-order valence-electron chi connectivity index (χ2n) is 3.03. The molecule has 1 aliphatic heterocycles. The van der Waals surface area contributed by atoms with E-state index in [9.17, 15) is 0 Å². The van der Waals surface area contributed by atoms with Crippen LogP contribution >= 0.6 is 43.5 Å². The van der Waals surface area contributed by atoms with Crippen LogP contribution < -0.4 is 0 Å². The third-order valence-corrected chi connectivity index (χ3v) is 4.73. The van der Waals surface area contributed by atoms with Crippen LogP contribution in [-0.4, -0.2) is 46.4 Å². The molecule has 78 valence electrons. The first-order valence-corrected chi connectivity index (χ1v) is 7.57. The van der Waals surface area contributed by atoms with Crippen molar-refractivity contribution in [3.8, 4) is 0 Å². The molecule has 1 atom stereocenters. The van der Waals surface area contributed by atoms with E-state index >= 15 is 0 Å². The molecule has 1 unspecified atom stereocenters. The molecule has 2 radical (unpaired) electrons. The molecule has 0 amide bonds. The van der Waals surface area contributed by atoms with Gasteiger partial charge >= 0.3 is 127 Å². The standard InChI is InChI=1S/C8H3Br2ClN2Se2/c9-3-1-4-6(5(10)2-3)12-7(11)13-8(4,14)15/h1-2,4H. The molecule has 2 rings (SSSR count). The molecule has 2 nitrogen and oxygen atoms in total. The molecular weight excluding hydrogens is 477 g/mol. The Bertz CT molecular complexity index is 440. The number of allylic oxidation sites excluding steroid dienone is 3. The fourth-order valence-corrected chi connectivity index (χ4v) is 4.30. The molecule has 0 saturated carbocycles. The topological polar surface area (TPSA) is 24.7 Å². The van der Waals surface area contributed by atoms with Gasteiger partial charge in [0.2, 0.25) is 0 Å². The Morgan fingerprint density at radius 1 is 1.40 bits per heavy atom. The summed E-state index contributed by atoms with van der Waals surface area (Å²) < 4.78 is 1.42. The minimum atomic E-state index is -0.500. The third kappa shape index (κ3) is 2.52. The fraction of sp³-hybridized carbons (Fsp3) is 0.250. The SMILES string of the molecule is ClC1=NC([Se])([Se])C2C=C(Br)C=C(Br)C2=N1. The van der Waals surface area contributed by atoms with Crippen molar-refractivity contribution in [2.24, 2.45) is 15.9 Å². The molecule has 0 aromatic carbocycles. The summed E-state index contributed by atoms with van der Waals surface area (Å²) in [7, 11) is 0. The van der Waals surface area contributed by atoms with Gasteiger partial charge < -0.3 is 0 Å². The Kier molecular flexibility index (Phi) is 3.70. The Morgan fingerprint density at radius 3 is 2.73 bits per heavy atom. The average molecular weight is 480 g/mol. The van der Waals surface area contributed by atoms with Crippen LogP contribution in [0.25, 0.3) is 0 Å². The average Bonchev–Trinajstić information content (AvgIpc) is 2.06. The van der Waals surface area contributed by atoms with E-state index in [2.05, 4.69) is 73.9 Å². The van der Waals surface area contributed by atoms with Crippen molar-refractivity contribution in [3.05, 3.63) is 21.1 Å². The molecule has 0 bridgehead atoms. The van der Waals surface area contributed by atoms with Crippen molar-refractivity contribution < 1.29 is 0 Å². The molecule has 0 aromatic rings. The van der Waals surface area contributed by atoms with Crippen LogP contribution in [0, 0.1) is 5.92 Å². The molecular formula is C8H3Br2ClN2Se2. The maximum atomic E-state index is 5.86. The Balaban J connectivity index is 2.54. The molecule has 0 N–H and O–H groups in total. The van der Waals surface area contributed by atoms with Crippen LogP contribution in [0.2, 0.25) is 0 Å². The van der Waals surface area contributed by atoms with Gasteiger partial charge in [0.1, 0.15) is 0 Å². The van der Waals surface area contributed by atoms with E-state index in [0.717, 1.165) is 14.7 Å². The Morgan fingerprint density at radius 2 is 2.07 bits per heavy atom. The van der Waals surface area contributed by atoms with Gasteiger partial charge in [-0.1, -0.05) is 0 Å². The second-order valence-corrected chi connectivity index (χ2v) is 9.06. The molecule has 2 aliphatic rings. The van der Waals surface area contributed by atoms with E-state index in [1.165, 1.54) is 0 Å². The van der Waals surface area contributed by atoms with Gasteiger partial charge in [-0.3, -0.25) is 0 Å². The summed E-state index contributed by atoms with van der Waals surface area (Å²) in [6.07, 6.45) is 3.99. The number of fused-ring (bicyclic) bond motifs is 1. The summed E-state index contributed by atoms with van der Waals surface area (Å²) in [6.45, 7) is 0. The van der Waals surface area contributed by atoms with Gasteiger partial charge in [-0.25, -0.2) is 0 Å². The van der Waals surface area contributed by atoms with Gasteiger partial charge in [0, 0.05) is 0 Å². The molecule has 0 spiro atoms. The fourth-order valence-electron chi connectivity index (χ4n) is 1.35. The third-order valence-electron chi connectivity index (χ3n) is 1.98. The molecule has 0 aromatic heterocycles.